The fourth-order valence-corrected chi connectivity index (χ4v) is 2.25. The molecule has 2 aromatic carbocycles. The van der Waals surface area contributed by atoms with Gasteiger partial charge in [0, 0.05) is 18.2 Å². The van der Waals surface area contributed by atoms with Gasteiger partial charge in [0.2, 0.25) is 5.76 Å². The van der Waals surface area contributed by atoms with Crippen LogP contribution in [-0.4, -0.2) is 11.1 Å². The molecule has 23 heavy (non-hydrogen) atoms. The van der Waals surface area contributed by atoms with Crippen LogP contribution in [0.4, 0.5) is 4.39 Å². The van der Waals surface area contributed by atoms with Crippen molar-refractivity contribution in [3.63, 3.8) is 0 Å². The van der Waals surface area contributed by atoms with Crippen LogP contribution in [0.5, 0.6) is 0 Å². The maximum absolute atomic E-state index is 13.1. The molecule has 0 spiro atoms. The normalized spacial score (nSPS) is 10.5. The molecule has 1 heterocycles. The number of aromatic nitrogens is 1. The highest BCUT2D eigenvalue weighted by atomic mass is 35.5. The molecule has 6 heteroatoms. The van der Waals surface area contributed by atoms with E-state index in [1.54, 1.807) is 12.1 Å². The van der Waals surface area contributed by atoms with Gasteiger partial charge < -0.3 is 9.84 Å². The van der Waals surface area contributed by atoms with Crippen molar-refractivity contribution >= 4 is 17.5 Å². The zero-order chi connectivity index (χ0) is 16.2. The molecule has 0 aliphatic carbocycles. The summed E-state index contributed by atoms with van der Waals surface area (Å²) in [6.45, 7) is 0.209. The predicted molar refractivity (Wildman–Crippen MR) is 84.5 cm³/mol. The topological polar surface area (TPSA) is 55.1 Å². The summed E-state index contributed by atoms with van der Waals surface area (Å²) < 4.78 is 18.1. The largest absolute Gasteiger partial charge is 0.350 e. The lowest BCUT2D eigenvalue weighted by molar-refractivity contribution is 0.0914. The highest BCUT2D eigenvalue weighted by Gasteiger charge is 2.13. The van der Waals surface area contributed by atoms with Gasteiger partial charge in [-0.2, -0.15) is 0 Å². The Bertz CT molecular complexity index is 834. The minimum absolute atomic E-state index is 0.0165. The van der Waals surface area contributed by atoms with Gasteiger partial charge in [-0.15, -0.1) is 0 Å². The summed E-state index contributed by atoms with van der Waals surface area (Å²) >= 11 is 5.70. The number of hydrogen-bond acceptors (Lipinski definition) is 3. The summed E-state index contributed by atoms with van der Waals surface area (Å²) in [4.78, 5) is 12.1. The van der Waals surface area contributed by atoms with E-state index in [-0.39, 0.29) is 17.3 Å². The summed E-state index contributed by atoms with van der Waals surface area (Å²) in [5, 5.41) is 6.57. The van der Waals surface area contributed by atoms with E-state index in [0.717, 1.165) is 5.56 Å². The number of carbonyl (C=O) groups is 1. The molecule has 116 valence electrons. The highest BCUT2D eigenvalue weighted by molar-refractivity contribution is 6.30. The van der Waals surface area contributed by atoms with E-state index in [2.05, 4.69) is 10.5 Å². The number of carbonyl (C=O) groups excluding carboxylic acids is 1. The van der Waals surface area contributed by atoms with Gasteiger partial charge in [-0.3, -0.25) is 4.79 Å². The standard InChI is InChI=1S/C17H12ClFN2O2/c18-13-8-11(6-7-14(13)19)10-20-17(22)16-9-15(21-23-16)12-4-2-1-3-5-12/h1-9H,10H2,(H,20,22). The van der Waals surface area contributed by atoms with E-state index in [1.807, 2.05) is 30.3 Å². The smallest absolute Gasteiger partial charge is 0.290 e. The minimum atomic E-state index is -0.496. The molecule has 0 aliphatic rings. The summed E-state index contributed by atoms with van der Waals surface area (Å²) in [6.07, 6.45) is 0. The van der Waals surface area contributed by atoms with E-state index in [0.29, 0.717) is 11.3 Å². The first-order chi connectivity index (χ1) is 11.1. The van der Waals surface area contributed by atoms with Crippen molar-refractivity contribution in [1.82, 2.24) is 10.5 Å². The average Bonchev–Trinajstić information content (AvgIpc) is 3.06. The van der Waals surface area contributed by atoms with E-state index in [4.69, 9.17) is 16.1 Å². The molecule has 0 fully saturated rings. The molecule has 3 aromatic rings. The second-order valence-electron chi connectivity index (χ2n) is 4.87. The number of hydrogen-bond donors (Lipinski definition) is 1. The van der Waals surface area contributed by atoms with Crippen LogP contribution in [-0.2, 0) is 6.54 Å². The first-order valence-electron chi connectivity index (χ1n) is 6.88. The van der Waals surface area contributed by atoms with Crippen molar-refractivity contribution in [2.75, 3.05) is 0 Å². The Balaban J connectivity index is 1.67. The van der Waals surface area contributed by atoms with Crippen LogP contribution in [0.1, 0.15) is 16.1 Å². The van der Waals surface area contributed by atoms with Gasteiger partial charge >= 0.3 is 0 Å². The number of halogens is 2. The molecule has 0 radical (unpaired) electrons. The quantitative estimate of drug-likeness (QED) is 0.784. The molecule has 1 amide bonds. The maximum Gasteiger partial charge on any atom is 0.290 e. The summed E-state index contributed by atoms with van der Waals surface area (Å²) in [5.41, 5.74) is 2.13. The Kier molecular flexibility index (Phi) is 4.39. The van der Waals surface area contributed by atoms with Crippen LogP contribution >= 0.6 is 11.6 Å². The molecule has 0 saturated heterocycles. The Morgan fingerprint density at radius 1 is 1.17 bits per heavy atom. The molecule has 0 saturated carbocycles. The highest BCUT2D eigenvalue weighted by Crippen LogP contribution is 2.19. The summed E-state index contributed by atoms with van der Waals surface area (Å²) in [6, 6.07) is 15.2. The SMILES string of the molecule is O=C(NCc1ccc(F)c(Cl)c1)c1cc(-c2ccccc2)no1. The van der Waals surface area contributed by atoms with E-state index < -0.39 is 11.7 Å². The third kappa shape index (κ3) is 3.57. The first-order valence-corrected chi connectivity index (χ1v) is 7.25. The molecular weight excluding hydrogens is 319 g/mol. The predicted octanol–water partition coefficient (Wildman–Crippen LogP) is 4.06. The van der Waals surface area contributed by atoms with Gasteiger partial charge in [-0.1, -0.05) is 53.2 Å². The second kappa shape index (κ2) is 6.62. The zero-order valence-electron chi connectivity index (χ0n) is 11.9. The van der Waals surface area contributed by atoms with Crippen molar-refractivity contribution < 1.29 is 13.7 Å². The van der Waals surface area contributed by atoms with Gasteiger partial charge in [0.25, 0.3) is 5.91 Å². The Labute approximate surface area is 136 Å². The summed E-state index contributed by atoms with van der Waals surface area (Å²) in [5.74, 6) is -0.790. The number of nitrogens with one attached hydrogen (secondary N) is 1. The molecule has 0 atom stereocenters. The van der Waals surface area contributed by atoms with Gasteiger partial charge in [0.15, 0.2) is 0 Å². The van der Waals surface area contributed by atoms with Crippen LogP contribution in [0.25, 0.3) is 11.3 Å². The lowest BCUT2D eigenvalue weighted by Gasteiger charge is -2.03. The van der Waals surface area contributed by atoms with Crippen LogP contribution in [0.15, 0.2) is 59.1 Å². The molecule has 0 bridgehead atoms. The fraction of sp³-hybridized carbons (Fsp3) is 0.0588. The van der Waals surface area contributed by atoms with Crippen molar-refractivity contribution in [2.24, 2.45) is 0 Å². The van der Waals surface area contributed by atoms with Crippen molar-refractivity contribution in [3.8, 4) is 11.3 Å². The lowest BCUT2D eigenvalue weighted by Crippen LogP contribution is -2.22. The monoisotopic (exact) mass is 330 g/mol. The molecule has 1 N–H and O–H groups in total. The average molecular weight is 331 g/mol. The number of benzene rings is 2. The zero-order valence-corrected chi connectivity index (χ0v) is 12.7. The van der Waals surface area contributed by atoms with Gasteiger partial charge in [0.1, 0.15) is 11.5 Å². The van der Waals surface area contributed by atoms with Gasteiger partial charge in [-0.25, -0.2) is 4.39 Å². The molecule has 0 aliphatic heterocycles. The summed E-state index contributed by atoms with van der Waals surface area (Å²) in [7, 11) is 0. The van der Waals surface area contributed by atoms with E-state index in [1.165, 1.54) is 12.1 Å². The fourth-order valence-electron chi connectivity index (χ4n) is 2.05. The molecular formula is C17H12ClFN2O2. The molecule has 4 nitrogen and oxygen atoms in total. The van der Waals surface area contributed by atoms with Gasteiger partial charge in [-0.05, 0) is 17.7 Å². The van der Waals surface area contributed by atoms with Crippen LogP contribution in [0.2, 0.25) is 5.02 Å². The number of nitrogens with zero attached hydrogens (tertiary/aromatic N) is 1. The van der Waals surface area contributed by atoms with Crippen LogP contribution in [0, 0.1) is 5.82 Å². The number of rotatable bonds is 4. The second-order valence-corrected chi connectivity index (χ2v) is 5.28. The molecule has 3 rings (SSSR count). The van der Waals surface area contributed by atoms with Crippen LogP contribution < -0.4 is 5.32 Å². The van der Waals surface area contributed by atoms with Crippen LogP contribution in [0.3, 0.4) is 0 Å². The third-order valence-corrected chi connectivity index (χ3v) is 3.53. The van der Waals surface area contributed by atoms with Crippen molar-refractivity contribution in [1.29, 1.82) is 0 Å². The van der Waals surface area contributed by atoms with E-state index >= 15 is 0 Å². The number of amides is 1. The Morgan fingerprint density at radius 2 is 1.96 bits per heavy atom. The lowest BCUT2D eigenvalue weighted by atomic mass is 10.1. The van der Waals surface area contributed by atoms with Crippen molar-refractivity contribution in [3.05, 3.63) is 76.8 Å². The first kappa shape index (κ1) is 15.2. The molecule has 1 aromatic heterocycles. The maximum atomic E-state index is 13.1. The molecule has 0 unspecified atom stereocenters. The Morgan fingerprint density at radius 3 is 2.70 bits per heavy atom. The minimum Gasteiger partial charge on any atom is -0.350 e. The third-order valence-electron chi connectivity index (χ3n) is 3.24. The van der Waals surface area contributed by atoms with Gasteiger partial charge in [0.05, 0.1) is 5.02 Å². The Hall–Kier alpha value is -2.66. The van der Waals surface area contributed by atoms with Crippen molar-refractivity contribution in [2.45, 2.75) is 6.54 Å². The van der Waals surface area contributed by atoms with E-state index in [9.17, 15) is 9.18 Å².